The van der Waals surface area contributed by atoms with Crippen LogP contribution in [0.2, 0.25) is 0 Å². The Kier molecular flexibility index (Phi) is 4.53. The summed E-state index contributed by atoms with van der Waals surface area (Å²) < 4.78 is 7.10. The molecule has 0 spiro atoms. The highest BCUT2D eigenvalue weighted by atomic mass is 16.5. The fraction of sp³-hybridized carbons (Fsp3) is 0.600. The molecule has 0 radical (unpaired) electrons. The molecule has 1 aliphatic heterocycles. The van der Waals surface area contributed by atoms with Crippen LogP contribution < -0.4 is 10.6 Å². The summed E-state index contributed by atoms with van der Waals surface area (Å²) in [7, 11) is 0. The van der Waals surface area contributed by atoms with Crippen molar-refractivity contribution in [1.82, 2.24) is 15.1 Å². The molecule has 0 bridgehead atoms. The number of carbonyl (C=O) groups excluding carboxylic acids is 1. The van der Waals surface area contributed by atoms with Crippen LogP contribution in [0.4, 0.5) is 10.5 Å². The van der Waals surface area contributed by atoms with Crippen LogP contribution in [-0.4, -0.2) is 35.1 Å². The quantitative estimate of drug-likeness (QED) is 0.834. The van der Waals surface area contributed by atoms with Crippen molar-refractivity contribution in [3.8, 4) is 12.3 Å². The average Bonchev–Trinajstić information content (AvgIpc) is 3.05. The molecule has 2 heterocycles. The number of urea groups is 1. The second-order valence-corrected chi connectivity index (χ2v) is 6.21. The molecule has 0 aromatic carbocycles. The van der Waals surface area contributed by atoms with Crippen LogP contribution in [0.15, 0.2) is 12.4 Å². The van der Waals surface area contributed by atoms with Crippen LogP contribution in [0.5, 0.6) is 0 Å². The van der Waals surface area contributed by atoms with Crippen molar-refractivity contribution in [2.75, 3.05) is 18.5 Å². The molecule has 6 nitrogen and oxygen atoms in total. The predicted molar refractivity (Wildman–Crippen MR) is 80.9 cm³/mol. The molecule has 1 aromatic rings. The maximum absolute atomic E-state index is 12.0. The Morgan fingerprint density at radius 3 is 2.90 bits per heavy atom. The third-order valence-electron chi connectivity index (χ3n) is 3.43. The van der Waals surface area contributed by atoms with Gasteiger partial charge in [0.05, 0.1) is 30.1 Å². The Morgan fingerprint density at radius 1 is 1.62 bits per heavy atom. The Morgan fingerprint density at radius 2 is 2.38 bits per heavy atom. The topological polar surface area (TPSA) is 68.2 Å². The summed E-state index contributed by atoms with van der Waals surface area (Å²) in [6.07, 6.45) is 9.78. The molecular formula is C15H22N4O2. The summed E-state index contributed by atoms with van der Waals surface area (Å²) in [6.45, 7) is 7.41. The van der Waals surface area contributed by atoms with Gasteiger partial charge in [0, 0.05) is 18.7 Å². The average molecular weight is 290 g/mol. The molecule has 0 saturated carbocycles. The lowest BCUT2D eigenvalue weighted by Gasteiger charge is -2.19. The number of hydrogen-bond acceptors (Lipinski definition) is 3. The third-order valence-corrected chi connectivity index (χ3v) is 3.43. The molecule has 2 rings (SSSR count). The van der Waals surface area contributed by atoms with Crippen LogP contribution in [0.25, 0.3) is 0 Å². The number of aromatic nitrogens is 2. The largest absolute Gasteiger partial charge is 0.381 e. The smallest absolute Gasteiger partial charge is 0.320 e. The molecule has 114 valence electrons. The third kappa shape index (κ3) is 3.99. The molecular weight excluding hydrogens is 268 g/mol. The minimum Gasteiger partial charge on any atom is -0.381 e. The van der Waals surface area contributed by atoms with Gasteiger partial charge in [0.25, 0.3) is 0 Å². The normalized spacial score (nSPS) is 19.8. The Bertz CT molecular complexity index is 533. The molecule has 21 heavy (non-hydrogen) atoms. The van der Waals surface area contributed by atoms with Crippen LogP contribution in [0.1, 0.15) is 27.2 Å². The molecule has 0 aliphatic carbocycles. The summed E-state index contributed by atoms with van der Waals surface area (Å²) in [5.41, 5.74) is 0.514. The summed E-state index contributed by atoms with van der Waals surface area (Å²) >= 11 is 0. The van der Waals surface area contributed by atoms with Gasteiger partial charge in [-0.1, -0.05) is 5.92 Å². The van der Waals surface area contributed by atoms with E-state index in [1.165, 1.54) is 0 Å². The van der Waals surface area contributed by atoms with Crippen LogP contribution in [-0.2, 0) is 10.3 Å². The zero-order valence-electron chi connectivity index (χ0n) is 12.7. The van der Waals surface area contributed by atoms with Gasteiger partial charge in [-0.05, 0) is 27.2 Å². The van der Waals surface area contributed by atoms with Gasteiger partial charge >= 0.3 is 6.03 Å². The van der Waals surface area contributed by atoms with Gasteiger partial charge < -0.3 is 15.4 Å². The maximum Gasteiger partial charge on any atom is 0.320 e. The van der Waals surface area contributed by atoms with Crippen molar-refractivity contribution in [3.05, 3.63) is 12.4 Å². The first-order valence-electron chi connectivity index (χ1n) is 7.06. The number of amides is 2. The van der Waals surface area contributed by atoms with Gasteiger partial charge in [0.2, 0.25) is 0 Å². The van der Waals surface area contributed by atoms with E-state index in [0.717, 1.165) is 6.42 Å². The van der Waals surface area contributed by atoms with E-state index in [-0.39, 0.29) is 23.5 Å². The van der Waals surface area contributed by atoms with E-state index < -0.39 is 0 Å². The number of nitrogens with one attached hydrogen (secondary N) is 2. The highest BCUT2D eigenvalue weighted by molar-refractivity contribution is 5.89. The fourth-order valence-corrected chi connectivity index (χ4v) is 2.17. The number of rotatable bonds is 3. The minimum absolute atomic E-state index is 0.126. The van der Waals surface area contributed by atoms with E-state index in [1.807, 2.05) is 20.8 Å². The lowest BCUT2D eigenvalue weighted by atomic mass is 10.00. The number of carbonyl (C=O) groups is 1. The first kappa shape index (κ1) is 15.4. The molecule has 0 unspecified atom stereocenters. The Labute approximate surface area is 125 Å². The SMILES string of the molecule is C#C[C@H](NC(=O)Nc1cnn(C(C)(C)C)c1)[C@@H]1CCOC1. The summed E-state index contributed by atoms with van der Waals surface area (Å²) in [5.74, 6) is 2.80. The molecule has 2 N–H and O–H groups in total. The van der Waals surface area contributed by atoms with E-state index >= 15 is 0 Å². The van der Waals surface area contributed by atoms with Gasteiger partial charge in [-0.3, -0.25) is 4.68 Å². The standard InChI is InChI=1S/C15H22N4O2/c1-5-13(11-6-7-21-10-11)18-14(20)17-12-8-16-19(9-12)15(2,3)4/h1,8-9,11,13H,6-7,10H2,2-4H3,(H2,17,18,20)/t11-,13+/m1/s1. The predicted octanol–water partition coefficient (Wildman–Crippen LogP) is 1.80. The van der Waals surface area contributed by atoms with Gasteiger partial charge in [0.1, 0.15) is 0 Å². The monoisotopic (exact) mass is 290 g/mol. The van der Waals surface area contributed by atoms with Crippen LogP contribution in [0.3, 0.4) is 0 Å². The number of hydrogen-bond donors (Lipinski definition) is 2. The van der Waals surface area contributed by atoms with Crippen molar-refractivity contribution in [1.29, 1.82) is 0 Å². The number of nitrogens with zero attached hydrogens (tertiary/aromatic N) is 2. The first-order chi connectivity index (χ1) is 9.90. The van der Waals surface area contributed by atoms with Crippen molar-refractivity contribution in [2.45, 2.75) is 38.8 Å². The molecule has 1 aromatic heterocycles. The summed E-state index contributed by atoms with van der Waals surface area (Å²) in [6, 6.07) is -0.636. The Balaban J connectivity index is 1.92. The highest BCUT2D eigenvalue weighted by Gasteiger charge is 2.25. The second kappa shape index (κ2) is 6.19. The molecule has 2 amide bonds. The van der Waals surface area contributed by atoms with E-state index in [2.05, 4.69) is 21.7 Å². The summed E-state index contributed by atoms with van der Waals surface area (Å²) in [4.78, 5) is 12.0. The number of anilines is 1. The zero-order valence-corrected chi connectivity index (χ0v) is 12.7. The Hall–Kier alpha value is -2.00. The second-order valence-electron chi connectivity index (χ2n) is 6.21. The first-order valence-corrected chi connectivity index (χ1v) is 7.06. The van der Waals surface area contributed by atoms with E-state index in [9.17, 15) is 4.79 Å². The summed E-state index contributed by atoms with van der Waals surface area (Å²) in [5, 5.41) is 9.79. The van der Waals surface area contributed by atoms with Gasteiger partial charge in [0.15, 0.2) is 0 Å². The van der Waals surface area contributed by atoms with Crippen molar-refractivity contribution in [2.24, 2.45) is 5.92 Å². The van der Waals surface area contributed by atoms with Crippen molar-refractivity contribution >= 4 is 11.7 Å². The van der Waals surface area contributed by atoms with Gasteiger partial charge in [-0.15, -0.1) is 6.42 Å². The van der Waals surface area contributed by atoms with Crippen LogP contribution in [0, 0.1) is 18.3 Å². The number of terminal acetylenes is 1. The fourth-order valence-electron chi connectivity index (χ4n) is 2.17. The van der Waals surface area contributed by atoms with Crippen LogP contribution >= 0.6 is 0 Å². The highest BCUT2D eigenvalue weighted by Crippen LogP contribution is 2.17. The number of ether oxygens (including phenoxy) is 1. The van der Waals surface area contributed by atoms with E-state index in [0.29, 0.717) is 18.9 Å². The van der Waals surface area contributed by atoms with E-state index in [4.69, 9.17) is 11.2 Å². The molecule has 1 fully saturated rings. The lowest BCUT2D eigenvalue weighted by Crippen LogP contribution is -2.41. The molecule has 1 aliphatic rings. The molecule has 2 atom stereocenters. The molecule has 1 saturated heterocycles. The molecule has 6 heteroatoms. The van der Waals surface area contributed by atoms with Crippen molar-refractivity contribution in [3.63, 3.8) is 0 Å². The minimum atomic E-state index is -0.321. The van der Waals surface area contributed by atoms with Gasteiger partial charge in [-0.25, -0.2) is 4.79 Å². The lowest BCUT2D eigenvalue weighted by molar-refractivity contribution is 0.181. The van der Waals surface area contributed by atoms with E-state index in [1.54, 1.807) is 17.1 Å². The van der Waals surface area contributed by atoms with Crippen molar-refractivity contribution < 1.29 is 9.53 Å². The maximum atomic E-state index is 12.0. The zero-order chi connectivity index (χ0) is 15.5. The van der Waals surface area contributed by atoms with Gasteiger partial charge in [-0.2, -0.15) is 5.10 Å².